The van der Waals surface area contributed by atoms with Crippen LogP contribution in [0, 0.1) is 0 Å². The first kappa shape index (κ1) is 17.7. The molecule has 0 saturated carbocycles. The van der Waals surface area contributed by atoms with Gasteiger partial charge in [0.2, 0.25) is 5.91 Å². The minimum atomic E-state index is -0.216. The first-order valence-electron chi connectivity index (χ1n) is 8.93. The number of nitrogens with zero attached hydrogens (tertiary/aromatic N) is 5. The van der Waals surface area contributed by atoms with Crippen LogP contribution < -0.4 is 11.0 Å². The van der Waals surface area contributed by atoms with E-state index in [0.717, 1.165) is 22.3 Å². The van der Waals surface area contributed by atoms with E-state index in [9.17, 15) is 9.59 Å². The van der Waals surface area contributed by atoms with Gasteiger partial charge in [0.15, 0.2) is 0 Å². The predicted molar refractivity (Wildman–Crippen MR) is 105 cm³/mol. The predicted octanol–water partition coefficient (Wildman–Crippen LogP) is 1.80. The summed E-state index contributed by atoms with van der Waals surface area (Å²) in [7, 11) is 1.71. The molecule has 0 saturated heterocycles. The van der Waals surface area contributed by atoms with Crippen LogP contribution in [0.1, 0.15) is 18.5 Å². The van der Waals surface area contributed by atoms with E-state index < -0.39 is 0 Å². The van der Waals surface area contributed by atoms with E-state index in [4.69, 9.17) is 0 Å². The zero-order chi connectivity index (χ0) is 19.7. The summed E-state index contributed by atoms with van der Waals surface area (Å²) in [6, 6.07) is 15.0. The molecule has 0 fully saturated rings. The number of para-hydroxylation sites is 2. The Kier molecular flexibility index (Phi) is 4.52. The lowest BCUT2D eigenvalue weighted by atomic mass is 10.1. The lowest BCUT2D eigenvalue weighted by Crippen LogP contribution is -2.34. The van der Waals surface area contributed by atoms with Gasteiger partial charge in [0, 0.05) is 7.05 Å². The molecular formula is C20H20N6O2. The molecule has 8 nitrogen and oxygen atoms in total. The minimum Gasteiger partial charge on any atom is -0.348 e. The number of benzene rings is 2. The van der Waals surface area contributed by atoms with Crippen LogP contribution in [-0.2, 0) is 18.4 Å². The number of aryl methyl sites for hydroxylation is 1. The maximum Gasteiger partial charge on any atom is 0.329 e. The third-order valence-electron chi connectivity index (χ3n) is 4.81. The quantitative estimate of drug-likeness (QED) is 0.575. The second kappa shape index (κ2) is 7.15. The molecule has 142 valence electrons. The summed E-state index contributed by atoms with van der Waals surface area (Å²) in [6.45, 7) is 1.88. The molecule has 0 bridgehead atoms. The molecule has 2 aromatic heterocycles. The van der Waals surface area contributed by atoms with E-state index in [1.165, 1.54) is 10.9 Å². The average Bonchev–Trinajstić information content (AvgIpc) is 3.32. The third kappa shape index (κ3) is 3.20. The summed E-state index contributed by atoms with van der Waals surface area (Å²) in [5.41, 5.74) is 3.19. The monoisotopic (exact) mass is 376 g/mol. The molecule has 2 heterocycles. The smallest absolute Gasteiger partial charge is 0.329 e. The van der Waals surface area contributed by atoms with Crippen LogP contribution in [0.5, 0.6) is 0 Å². The normalized spacial score (nSPS) is 12.2. The molecule has 4 rings (SSSR count). The molecular weight excluding hydrogens is 356 g/mol. The lowest BCUT2D eigenvalue weighted by Gasteiger charge is -2.15. The molecule has 0 spiro atoms. The van der Waals surface area contributed by atoms with Gasteiger partial charge in [0.25, 0.3) is 0 Å². The van der Waals surface area contributed by atoms with Gasteiger partial charge in [0.1, 0.15) is 19.2 Å². The van der Waals surface area contributed by atoms with Gasteiger partial charge in [-0.3, -0.25) is 13.9 Å². The summed E-state index contributed by atoms with van der Waals surface area (Å²) in [6.07, 6.45) is 3.11. The van der Waals surface area contributed by atoms with Crippen molar-refractivity contribution in [3.63, 3.8) is 0 Å². The molecule has 1 atom stereocenters. The van der Waals surface area contributed by atoms with Crippen molar-refractivity contribution in [2.24, 2.45) is 7.05 Å². The Morgan fingerprint density at radius 3 is 2.50 bits per heavy atom. The van der Waals surface area contributed by atoms with Crippen LogP contribution in [-0.4, -0.2) is 29.8 Å². The highest BCUT2D eigenvalue weighted by Gasteiger charge is 2.15. The zero-order valence-corrected chi connectivity index (χ0v) is 15.6. The summed E-state index contributed by atoms with van der Waals surface area (Å²) in [5, 5.41) is 7.05. The number of fused-ring (bicyclic) bond motifs is 1. The van der Waals surface area contributed by atoms with Gasteiger partial charge in [0.05, 0.1) is 22.8 Å². The Hall–Kier alpha value is -3.68. The number of nitrogens with one attached hydrogen (secondary N) is 1. The zero-order valence-electron chi connectivity index (χ0n) is 15.6. The number of hydrogen-bond donors (Lipinski definition) is 1. The number of rotatable bonds is 5. The molecule has 0 radical (unpaired) electrons. The van der Waals surface area contributed by atoms with Crippen LogP contribution in [0.25, 0.3) is 16.7 Å². The average molecular weight is 376 g/mol. The van der Waals surface area contributed by atoms with Crippen LogP contribution >= 0.6 is 0 Å². The number of carbonyl (C=O) groups is 1. The molecule has 28 heavy (non-hydrogen) atoms. The Morgan fingerprint density at radius 2 is 1.82 bits per heavy atom. The lowest BCUT2D eigenvalue weighted by molar-refractivity contribution is -0.122. The molecule has 0 aliphatic carbocycles. The highest BCUT2D eigenvalue weighted by molar-refractivity contribution is 5.81. The number of amides is 1. The largest absolute Gasteiger partial charge is 0.348 e. The SMILES string of the molecule is C[C@@H](NC(=O)Cn1c(=O)n(C)c2ccccc21)c1ccc(-n2cncn2)cc1. The fourth-order valence-corrected chi connectivity index (χ4v) is 3.29. The molecule has 1 N–H and O–H groups in total. The molecule has 4 aromatic rings. The third-order valence-corrected chi connectivity index (χ3v) is 4.81. The van der Waals surface area contributed by atoms with E-state index in [-0.39, 0.29) is 24.2 Å². The summed E-state index contributed by atoms with van der Waals surface area (Å²) < 4.78 is 4.71. The highest BCUT2D eigenvalue weighted by atomic mass is 16.2. The topological polar surface area (TPSA) is 86.7 Å². The standard InChI is InChI=1S/C20H20N6O2/c1-14(15-7-9-16(10-8-15)26-13-21-12-22-26)23-19(27)11-25-18-6-4-3-5-17(18)24(2)20(25)28/h3-10,12-14H,11H2,1-2H3,(H,23,27)/t14-/m1/s1. The molecule has 1 amide bonds. The fourth-order valence-electron chi connectivity index (χ4n) is 3.29. The van der Waals surface area contributed by atoms with Crippen LogP contribution in [0.3, 0.4) is 0 Å². The van der Waals surface area contributed by atoms with Gasteiger partial charge in [-0.1, -0.05) is 24.3 Å². The van der Waals surface area contributed by atoms with Crippen molar-refractivity contribution in [1.29, 1.82) is 0 Å². The second-order valence-corrected chi connectivity index (χ2v) is 6.64. The van der Waals surface area contributed by atoms with Gasteiger partial charge in [-0.2, -0.15) is 5.10 Å². The van der Waals surface area contributed by atoms with E-state index in [1.807, 2.05) is 55.5 Å². The Labute approximate surface area is 161 Å². The molecule has 2 aromatic carbocycles. The Balaban J connectivity index is 1.48. The minimum absolute atomic E-state index is 0.0262. The van der Waals surface area contributed by atoms with Crippen LogP contribution in [0.2, 0.25) is 0 Å². The molecule has 0 aliphatic heterocycles. The van der Waals surface area contributed by atoms with Crippen molar-refractivity contribution in [1.82, 2.24) is 29.2 Å². The van der Waals surface area contributed by atoms with Gasteiger partial charge < -0.3 is 5.32 Å². The number of carbonyl (C=O) groups excluding carboxylic acids is 1. The fraction of sp³-hybridized carbons (Fsp3) is 0.200. The Bertz CT molecular complexity index is 1170. The van der Waals surface area contributed by atoms with Crippen molar-refractivity contribution in [3.05, 3.63) is 77.2 Å². The molecule has 8 heteroatoms. The van der Waals surface area contributed by atoms with E-state index in [0.29, 0.717) is 0 Å². The van der Waals surface area contributed by atoms with Crippen molar-refractivity contribution in [3.8, 4) is 5.69 Å². The maximum absolute atomic E-state index is 12.6. The highest BCUT2D eigenvalue weighted by Crippen LogP contribution is 2.16. The first-order chi connectivity index (χ1) is 13.5. The van der Waals surface area contributed by atoms with E-state index in [1.54, 1.807) is 22.6 Å². The van der Waals surface area contributed by atoms with Crippen LogP contribution in [0.4, 0.5) is 0 Å². The van der Waals surface area contributed by atoms with E-state index in [2.05, 4.69) is 15.4 Å². The first-order valence-corrected chi connectivity index (χ1v) is 8.93. The summed E-state index contributed by atoms with van der Waals surface area (Å²) >= 11 is 0. The molecule has 0 unspecified atom stereocenters. The van der Waals surface area contributed by atoms with Crippen molar-refractivity contribution in [2.45, 2.75) is 19.5 Å². The van der Waals surface area contributed by atoms with Gasteiger partial charge in [-0.15, -0.1) is 0 Å². The van der Waals surface area contributed by atoms with Gasteiger partial charge in [-0.25, -0.2) is 14.5 Å². The number of hydrogen-bond acceptors (Lipinski definition) is 4. The van der Waals surface area contributed by atoms with Crippen molar-refractivity contribution >= 4 is 16.9 Å². The summed E-state index contributed by atoms with van der Waals surface area (Å²) in [5.74, 6) is -0.216. The number of aromatic nitrogens is 5. The van der Waals surface area contributed by atoms with E-state index >= 15 is 0 Å². The second-order valence-electron chi connectivity index (χ2n) is 6.64. The molecule has 0 aliphatic rings. The van der Waals surface area contributed by atoms with Gasteiger partial charge >= 0.3 is 5.69 Å². The maximum atomic E-state index is 12.6. The Morgan fingerprint density at radius 1 is 1.11 bits per heavy atom. The van der Waals surface area contributed by atoms with Gasteiger partial charge in [-0.05, 0) is 36.8 Å². The summed E-state index contributed by atoms with van der Waals surface area (Å²) in [4.78, 5) is 28.9. The van der Waals surface area contributed by atoms with Crippen LogP contribution in [0.15, 0.2) is 66.0 Å². The number of imidazole rings is 1. The van der Waals surface area contributed by atoms with Crippen molar-refractivity contribution < 1.29 is 4.79 Å². The van der Waals surface area contributed by atoms with Crippen molar-refractivity contribution in [2.75, 3.05) is 0 Å².